The zero-order valence-corrected chi connectivity index (χ0v) is 14.1. The molecule has 1 aliphatic rings. The number of aryl methyl sites for hydroxylation is 1. The molecule has 8 heteroatoms. The number of carbonyl (C=O) groups is 1. The number of aromatic nitrogens is 2. The van der Waals surface area contributed by atoms with Crippen LogP contribution in [-0.4, -0.2) is 40.1 Å². The number of rotatable bonds is 6. The van der Waals surface area contributed by atoms with Crippen LogP contribution in [0.3, 0.4) is 0 Å². The van der Waals surface area contributed by atoms with E-state index in [-0.39, 0.29) is 11.9 Å². The van der Waals surface area contributed by atoms with Crippen LogP contribution < -0.4 is 11.1 Å². The highest BCUT2D eigenvalue weighted by molar-refractivity contribution is 5.81. The number of likely N-dealkylation sites (tertiary alicyclic amines) is 1. The molecule has 7 nitrogen and oxygen atoms in total. The minimum atomic E-state index is -0.641. The molecule has 134 valence electrons. The quantitative estimate of drug-likeness (QED) is 0.817. The van der Waals surface area contributed by atoms with E-state index >= 15 is 0 Å². The van der Waals surface area contributed by atoms with Crippen molar-refractivity contribution in [2.75, 3.05) is 13.1 Å². The van der Waals surface area contributed by atoms with Crippen LogP contribution in [0.1, 0.15) is 36.2 Å². The van der Waals surface area contributed by atoms with Gasteiger partial charge < -0.3 is 10.3 Å². The Bertz CT molecular complexity index is 718. The summed E-state index contributed by atoms with van der Waals surface area (Å²) in [4.78, 5) is 18.3. The zero-order valence-electron chi connectivity index (χ0n) is 14.1. The van der Waals surface area contributed by atoms with E-state index in [1.807, 2.05) is 0 Å². The van der Waals surface area contributed by atoms with Gasteiger partial charge in [-0.15, -0.1) is 0 Å². The Morgan fingerprint density at radius 3 is 2.88 bits per heavy atom. The molecule has 1 saturated heterocycles. The zero-order chi connectivity index (χ0) is 17.8. The Morgan fingerprint density at radius 2 is 2.24 bits per heavy atom. The van der Waals surface area contributed by atoms with Gasteiger partial charge in [-0.3, -0.25) is 15.0 Å². The smallest absolute Gasteiger partial charge is 0.239 e. The van der Waals surface area contributed by atoms with Crippen molar-refractivity contribution >= 4 is 5.91 Å². The van der Waals surface area contributed by atoms with Crippen LogP contribution >= 0.6 is 0 Å². The molecule has 2 atom stereocenters. The first-order valence-electron chi connectivity index (χ1n) is 8.33. The maximum atomic E-state index is 13.1. The summed E-state index contributed by atoms with van der Waals surface area (Å²) in [6.45, 7) is 4.05. The largest absolute Gasteiger partial charge is 0.368 e. The number of hydrogen-bond donors (Lipinski definition) is 2. The molecule has 1 aliphatic heterocycles. The summed E-state index contributed by atoms with van der Waals surface area (Å²) in [5, 5.41) is 7.23. The van der Waals surface area contributed by atoms with Crippen molar-refractivity contribution < 1.29 is 13.7 Å². The SMILES string of the molecule is Cc1nc(CN2CCC[C@@H](N[C@H](C(N)=O)c3ccc(F)cc3)C2)no1. The number of nitrogens with one attached hydrogen (secondary N) is 1. The van der Waals surface area contributed by atoms with Crippen molar-refractivity contribution in [1.29, 1.82) is 0 Å². The summed E-state index contributed by atoms with van der Waals surface area (Å²) in [6, 6.07) is 5.29. The monoisotopic (exact) mass is 347 g/mol. The molecule has 3 rings (SSSR count). The van der Waals surface area contributed by atoms with Crippen LogP contribution in [-0.2, 0) is 11.3 Å². The number of nitrogens with zero attached hydrogens (tertiary/aromatic N) is 3. The number of nitrogens with two attached hydrogens (primary N) is 1. The molecule has 0 unspecified atom stereocenters. The molecule has 1 aromatic heterocycles. The molecule has 0 spiro atoms. The van der Waals surface area contributed by atoms with Crippen LogP contribution in [0, 0.1) is 12.7 Å². The average Bonchev–Trinajstić information content (AvgIpc) is 2.99. The Kier molecular flexibility index (Phi) is 5.40. The Hall–Kier alpha value is -2.32. The van der Waals surface area contributed by atoms with Crippen molar-refractivity contribution in [3.8, 4) is 0 Å². The van der Waals surface area contributed by atoms with Gasteiger partial charge in [0.1, 0.15) is 11.9 Å². The van der Waals surface area contributed by atoms with Crippen LogP contribution in [0.25, 0.3) is 0 Å². The normalized spacial score (nSPS) is 19.7. The van der Waals surface area contributed by atoms with Crippen molar-refractivity contribution in [3.63, 3.8) is 0 Å². The lowest BCUT2D eigenvalue weighted by Crippen LogP contribution is -2.49. The molecule has 0 saturated carbocycles. The standard InChI is InChI=1S/C17H22FN5O2/c1-11-20-15(22-25-11)10-23-8-2-3-14(9-23)21-16(17(19)24)12-4-6-13(18)7-5-12/h4-7,14,16,21H,2-3,8-10H2,1H3,(H2,19,24)/t14-,16+/m1/s1. The van der Waals surface area contributed by atoms with Crippen molar-refractivity contribution in [2.24, 2.45) is 5.73 Å². The molecule has 0 radical (unpaired) electrons. The molecule has 0 bridgehead atoms. The fourth-order valence-electron chi connectivity index (χ4n) is 3.17. The third kappa shape index (κ3) is 4.61. The lowest BCUT2D eigenvalue weighted by molar-refractivity contribution is -0.120. The number of amides is 1. The highest BCUT2D eigenvalue weighted by atomic mass is 19.1. The second-order valence-corrected chi connectivity index (χ2v) is 6.36. The van der Waals surface area contributed by atoms with E-state index in [2.05, 4.69) is 20.4 Å². The van der Waals surface area contributed by atoms with E-state index in [0.717, 1.165) is 25.9 Å². The van der Waals surface area contributed by atoms with Gasteiger partial charge in [-0.25, -0.2) is 4.39 Å². The second-order valence-electron chi connectivity index (χ2n) is 6.36. The number of benzene rings is 1. The minimum Gasteiger partial charge on any atom is -0.368 e. The number of primary amides is 1. The van der Waals surface area contributed by atoms with Crippen LogP contribution in [0.2, 0.25) is 0 Å². The molecule has 2 aromatic rings. The molecule has 3 N–H and O–H groups in total. The van der Waals surface area contributed by atoms with E-state index in [1.54, 1.807) is 19.1 Å². The van der Waals surface area contributed by atoms with E-state index in [1.165, 1.54) is 12.1 Å². The number of carbonyl (C=O) groups excluding carboxylic acids is 1. The van der Waals surface area contributed by atoms with Crippen molar-refractivity contribution in [3.05, 3.63) is 47.4 Å². The highest BCUT2D eigenvalue weighted by Crippen LogP contribution is 2.19. The van der Waals surface area contributed by atoms with E-state index < -0.39 is 11.9 Å². The van der Waals surface area contributed by atoms with Crippen LogP contribution in [0.15, 0.2) is 28.8 Å². The molecule has 0 aliphatic carbocycles. The third-order valence-corrected chi connectivity index (χ3v) is 4.33. The first kappa shape index (κ1) is 17.5. The lowest BCUT2D eigenvalue weighted by atomic mass is 10.0. The molecule has 1 amide bonds. The Balaban J connectivity index is 1.63. The van der Waals surface area contributed by atoms with Gasteiger partial charge in [-0.1, -0.05) is 17.3 Å². The van der Waals surface area contributed by atoms with E-state index in [4.69, 9.17) is 10.3 Å². The molecule has 1 fully saturated rings. The van der Waals surface area contributed by atoms with Crippen LogP contribution in [0.4, 0.5) is 4.39 Å². The molecule has 25 heavy (non-hydrogen) atoms. The van der Waals surface area contributed by atoms with E-state index in [9.17, 15) is 9.18 Å². The lowest BCUT2D eigenvalue weighted by Gasteiger charge is -2.34. The van der Waals surface area contributed by atoms with Gasteiger partial charge in [0.05, 0.1) is 6.54 Å². The van der Waals surface area contributed by atoms with Crippen molar-refractivity contribution in [1.82, 2.24) is 20.4 Å². The first-order chi connectivity index (χ1) is 12.0. The van der Waals surface area contributed by atoms with Crippen LogP contribution in [0.5, 0.6) is 0 Å². The van der Waals surface area contributed by atoms with Gasteiger partial charge in [0.2, 0.25) is 11.8 Å². The molecule has 1 aromatic carbocycles. The first-order valence-corrected chi connectivity index (χ1v) is 8.33. The second kappa shape index (κ2) is 7.71. The summed E-state index contributed by atoms with van der Waals surface area (Å²) in [5.41, 5.74) is 6.21. The van der Waals surface area contributed by atoms with Gasteiger partial charge in [-0.05, 0) is 37.1 Å². The maximum Gasteiger partial charge on any atom is 0.239 e. The van der Waals surface area contributed by atoms with Gasteiger partial charge >= 0.3 is 0 Å². The predicted molar refractivity (Wildman–Crippen MR) is 88.8 cm³/mol. The summed E-state index contributed by atoms with van der Waals surface area (Å²) in [7, 11) is 0. The van der Waals surface area contributed by atoms with Gasteiger partial charge in [-0.2, -0.15) is 4.98 Å². The highest BCUT2D eigenvalue weighted by Gasteiger charge is 2.26. The third-order valence-electron chi connectivity index (χ3n) is 4.33. The van der Waals surface area contributed by atoms with E-state index in [0.29, 0.717) is 23.8 Å². The summed E-state index contributed by atoms with van der Waals surface area (Å²) < 4.78 is 18.1. The summed E-state index contributed by atoms with van der Waals surface area (Å²) in [6.07, 6.45) is 1.93. The van der Waals surface area contributed by atoms with Crippen molar-refractivity contribution in [2.45, 2.75) is 38.4 Å². The molecular formula is C17H22FN5O2. The average molecular weight is 347 g/mol. The van der Waals surface area contributed by atoms with Gasteiger partial charge in [0.25, 0.3) is 0 Å². The molecule has 2 heterocycles. The Morgan fingerprint density at radius 1 is 1.48 bits per heavy atom. The predicted octanol–water partition coefficient (Wildman–Crippen LogP) is 1.30. The Labute approximate surface area is 145 Å². The number of hydrogen-bond acceptors (Lipinski definition) is 6. The topological polar surface area (TPSA) is 97.3 Å². The summed E-state index contributed by atoms with van der Waals surface area (Å²) in [5.74, 6) is 0.388. The summed E-state index contributed by atoms with van der Waals surface area (Å²) >= 11 is 0. The van der Waals surface area contributed by atoms with Gasteiger partial charge in [0, 0.05) is 19.5 Å². The number of halogens is 1. The minimum absolute atomic E-state index is 0.101. The maximum absolute atomic E-state index is 13.1. The fraction of sp³-hybridized carbons (Fsp3) is 0.471. The molecular weight excluding hydrogens is 325 g/mol. The number of piperidine rings is 1. The van der Waals surface area contributed by atoms with Gasteiger partial charge in [0.15, 0.2) is 5.82 Å². The fourth-order valence-corrected chi connectivity index (χ4v) is 3.17.